The summed E-state index contributed by atoms with van der Waals surface area (Å²) >= 11 is 3.39. The van der Waals surface area contributed by atoms with Crippen LogP contribution in [0.1, 0.15) is 18.2 Å². The van der Waals surface area contributed by atoms with E-state index in [0.717, 1.165) is 10.0 Å². The zero-order chi connectivity index (χ0) is 15.7. The Morgan fingerprint density at radius 1 is 1.23 bits per heavy atom. The molecule has 0 radical (unpaired) electrons. The third kappa shape index (κ3) is 2.50. The molecule has 0 spiro atoms. The Morgan fingerprint density at radius 2 is 2.05 bits per heavy atom. The normalized spacial score (nSPS) is 21.1. The maximum absolute atomic E-state index is 12.7. The summed E-state index contributed by atoms with van der Waals surface area (Å²) in [6, 6.07) is 12.4. The summed E-state index contributed by atoms with van der Waals surface area (Å²) in [5.74, 6) is -0.295. The second kappa shape index (κ2) is 5.53. The number of amides is 3. The summed E-state index contributed by atoms with van der Waals surface area (Å²) in [4.78, 5) is 30.4. The molecule has 1 atom stereocenters. The van der Waals surface area contributed by atoms with Gasteiger partial charge in [-0.2, -0.15) is 0 Å². The average molecular weight is 360 g/mol. The number of pyridine rings is 1. The molecule has 6 heteroatoms. The molecular formula is C16H14BrN3O2. The zero-order valence-electron chi connectivity index (χ0n) is 11.9. The second-order valence-electron chi connectivity index (χ2n) is 5.29. The number of carbonyl (C=O) groups excluding carboxylic acids is 2. The Bertz CT molecular complexity index is 735. The van der Waals surface area contributed by atoms with Crippen molar-refractivity contribution in [2.24, 2.45) is 0 Å². The van der Waals surface area contributed by atoms with E-state index in [-0.39, 0.29) is 12.5 Å². The molecule has 1 aliphatic rings. The van der Waals surface area contributed by atoms with Crippen LogP contribution < -0.4 is 5.32 Å². The van der Waals surface area contributed by atoms with Gasteiger partial charge in [0.2, 0.25) is 0 Å². The fourth-order valence-electron chi connectivity index (χ4n) is 2.49. The minimum absolute atomic E-state index is 0.229. The molecule has 1 N–H and O–H groups in total. The van der Waals surface area contributed by atoms with Gasteiger partial charge in [-0.15, -0.1) is 0 Å². The minimum Gasteiger partial charge on any atom is -0.318 e. The van der Waals surface area contributed by atoms with E-state index in [1.54, 1.807) is 31.3 Å². The Kier molecular flexibility index (Phi) is 3.70. The summed E-state index contributed by atoms with van der Waals surface area (Å²) in [5, 5.41) is 2.74. The van der Waals surface area contributed by atoms with Gasteiger partial charge in [0, 0.05) is 10.7 Å². The van der Waals surface area contributed by atoms with Gasteiger partial charge in [0.15, 0.2) is 5.54 Å². The van der Waals surface area contributed by atoms with E-state index in [4.69, 9.17) is 0 Å². The first kappa shape index (κ1) is 14.7. The number of imide groups is 1. The topological polar surface area (TPSA) is 62.3 Å². The van der Waals surface area contributed by atoms with Crippen LogP contribution in [-0.4, -0.2) is 21.8 Å². The Morgan fingerprint density at radius 3 is 2.73 bits per heavy atom. The van der Waals surface area contributed by atoms with Gasteiger partial charge in [-0.25, -0.2) is 4.79 Å². The molecule has 3 amide bonds. The first-order chi connectivity index (χ1) is 10.5. The van der Waals surface area contributed by atoms with Crippen molar-refractivity contribution in [1.82, 2.24) is 15.2 Å². The van der Waals surface area contributed by atoms with E-state index in [2.05, 4.69) is 26.2 Å². The fraction of sp³-hybridized carbons (Fsp3) is 0.188. The lowest BCUT2D eigenvalue weighted by atomic mass is 9.97. The van der Waals surface area contributed by atoms with Crippen LogP contribution in [0.4, 0.5) is 4.79 Å². The second-order valence-corrected chi connectivity index (χ2v) is 6.21. The van der Waals surface area contributed by atoms with Gasteiger partial charge < -0.3 is 5.32 Å². The summed E-state index contributed by atoms with van der Waals surface area (Å²) in [6.07, 6.45) is 1.61. The molecule has 3 rings (SSSR count). The maximum Gasteiger partial charge on any atom is 0.325 e. The highest BCUT2D eigenvalue weighted by Crippen LogP contribution is 2.28. The number of aromatic nitrogens is 1. The highest BCUT2D eigenvalue weighted by molar-refractivity contribution is 9.10. The molecule has 0 saturated carbocycles. The van der Waals surface area contributed by atoms with Crippen molar-refractivity contribution in [3.8, 4) is 0 Å². The largest absolute Gasteiger partial charge is 0.325 e. The van der Waals surface area contributed by atoms with Crippen molar-refractivity contribution in [2.45, 2.75) is 19.0 Å². The molecule has 112 valence electrons. The minimum atomic E-state index is -1.12. The van der Waals surface area contributed by atoms with Gasteiger partial charge in [0.25, 0.3) is 5.91 Å². The lowest BCUT2D eigenvalue weighted by Gasteiger charge is -2.20. The number of nitrogens with zero attached hydrogens (tertiary/aromatic N) is 2. The van der Waals surface area contributed by atoms with Crippen LogP contribution >= 0.6 is 15.9 Å². The van der Waals surface area contributed by atoms with Crippen molar-refractivity contribution in [3.05, 3.63) is 64.4 Å². The van der Waals surface area contributed by atoms with Crippen LogP contribution in [0.25, 0.3) is 0 Å². The van der Waals surface area contributed by atoms with Gasteiger partial charge >= 0.3 is 6.03 Å². The number of carbonyl (C=O) groups is 2. The monoisotopic (exact) mass is 359 g/mol. The Labute approximate surface area is 136 Å². The molecule has 5 nitrogen and oxygen atoms in total. The number of nitrogens with one attached hydrogen (secondary N) is 1. The van der Waals surface area contributed by atoms with E-state index in [1.165, 1.54) is 4.90 Å². The third-order valence-electron chi connectivity index (χ3n) is 3.68. The Hall–Kier alpha value is -2.21. The Balaban J connectivity index is 1.89. The summed E-state index contributed by atoms with van der Waals surface area (Å²) in [7, 11) is 0. The molecule has 22 heavy (non-hydrogen) atoms. The van der Waals surface area contributed by atoms with Gasteiger partial charge in [-0.3, -0.25) is 14.7 Å². The van der Waals surface area contributed by atoms with Crippen molar-refractivity contribution < 1.29 is 9.59 Å². The molecule has 2 heterocycles. The van der Waals surface area contributed by atoms with Crippen molar-refractivity contribution in [2.75, 3.05) is 0 Å². The molecule has 1 aliphatic heterocycles. The van der Waals surface area contributed by atoms with E-state index in [0.29, 0.717) is 5.69 Å². The molecule has 1 aromatic heterocycles. The predicted molar refractivity (Wildman–Crippen MR) is 84.8 cm³/mol. The lowest BCUT2D eigenvalue weighted by molar-refractivity contribution is -0.131. The highest BCUT2D eigenvalue weighted by atomic mass is 79.9. The standard InChI is InChI=1S/C16H14BrN3O2/c1-16(13-7-2-3-8-18-13)14(21)20(15(22)19-16)10-11-5-4-6-12(17)9-11/h2-9H,10H2,1H3,(H,19,22). The fourth-order valence-corrected chi connectivity index (χ4v) is 2.94. The molecule has 1 unspecified atom stereocenters. The number of hydrogen-bond donors (Lipinski definition) is 1. The number of urea groups is 1. The van der Waals surface area contributed by atoms with E-state index in [9.17, 15) is 9.59 Å². The number of hydrogen-bond acceptors (Lipinski definition) is 3. The molecule has 0 bridgehead atoms. The first-order valence-corrected chi connectivity index (χ1v) is 7.60. The van der Waals surface area contributed by atoms with Crippen molar-refractivity contribution in [1.29, 1.82) is 0 Å². The predicted octanol–water partition coefficient (Wildman–Crippen LogP) is 2.81. The molecule has 1 saturated heterocycles. The maximum atomic E-state index is 12.7. The first-order valence-electron chi connectivity index (χ1n) is 6.81. The smallest absolute Gasteiger partial charge is 0.318 e. The lowest BCUT2D eigenvalue weighted by Crippen LogP contribution is -2.41. The van der Waals surface area contributed by atoms with E-state index >= 15 is 0 Å². The van der Waals surface area contributed by atoms with Gasteiger partial charge in [0.05, 0.1) is 12.2 Å². The quantitative estimate of drug-likeness (QED) is 0.857. The number of rotatable bonds is 3. The molecule has 1 aromatic carbocycles. The summed E-state index contributed by atoms with van der Waals surface area (Å²) < 4.78 is 0.907. The van der Waals surface area contributed by atoms with Crippen LogP contribution in [0.2, 0.25) is 0 Å². The molecule has 1 fully saturated rings. The van der Waals surface area contributed by atoms with Gasteiger partial charge in [0.1, 0.15) is 0 Å². The molecule has 0 aliphatic carbocycles. The van der Waals surface area contributed by atoms with Gasteiger partial charge in [-0.05, 0) is 36.8 Å². The van der Waals surface area contributed by atoms with Crippen LogP contribution in [0.15, 0.2) is 53.1 Å². The average Bonchev–Trinajstić information content (AvgIpc) is 2.73. The molecule has 2 aromatic rings. The van der Waals surface area contributed by atoms with Gasteiger partial charge in [-0.1, -0.05) is 34.1 Å². The summed E-state index contributed by atoms with van der Waals surface area (Å²) in [5.41, 5.74) is 0.290. The zero-order valence-corrected chi connectivity index (χ0v) is 13.5. The van der Waals surface area contributed by atoms with Crippen LogP contribution in [-0.2, 0) is 16.9 Å². The SMILES string of the molecule is CC1(c2ccccn2)NC(=O)N(Cc2cccc(Br)c2)C1=O. The third-order valence-corrected chi connectivity index (χ3v) is 4.18. The summed E-state index contributed by atoms with van der Waals surface area (Å²) in [6.45, 7) is 1.91. The van der Waals surface area contributed by atoms with E-state index in [1.807, 2.05) is 24.3 Å². The number of halogens is 1. The van der Waals surface area contributed by atoms with E-state index < -0.39 is 11.6 Å². The van der Waals surface area contributed by atoms with Crippen molar-refractivity contribution in [3.63, 3.8) is 0 Å². The molecular weight excluding hydrogens is 346 g/mol. The van der Waals surface area contributed by atoms with Crippen molar-refractivity contribution >= 4 is 27.9 Å². The number of benzene rings is 1. The van der Waals surface area contributed by atoms with Crippen LogP contribution in [0, 0.1) is 0 Å². The van der Waals surface area contributed by atoms with Crippen LogP contribution in [0.3, 0.4) is 0 Å². The van der Waals surface area contributed by atoms with Crippen LogP contribution in [0.5, 0.6) is 0 Å². The highest BCUT2D eigenvalue weighted by Gasteiger charge is 2.49.